The zero-order chi connectivity index (χ0) is 8.97. The molecule has 0 bridgehead atoms. The van der Waals surface area contributed by atoms with E-state index >= 15 is 0 Å². The molecule has 0 N–H and O–H groups in total. The number of hydrogen-bond acceptors (Lipinski definition) is 3. The predicted octanol–water partition coefficient (Wildman–Crippen LogP) is 3.47. The molecule has 0 aliphatic carbocycles. The van der Waals surface area contributed by atoms with Crippen LogP contribution in [-0.2, 0) is 4.79 Å². The third-order valence-corrected chi connectivity index (χ3v) is 3.71. The summed E-state index contributed by atoms with van der Waals surface area (Å²) in [6.45, 7) is 1.61. The van der Waals surface area contributed by atoms with Crippen LogP contribution in [0.15, 0.2) is 16.3 Å². The van der Waals surface area contributed by atoms with Crippen molar-refractivity contribution in [3.05, 3.63) is 16.5 Å². The van der Waals surface area contributed by atoms with Crippen molar-refractivity contribution in [2.24, 2.45) is 0 Å². The second-order valence-electron chi connectivity index (χ2n) is 2.36. The molecule has 0 unspecified atom stereocenters. The molecule has 1 rings (SSSR count). The maximum Gasteiger partial charge on any atom is 0.130 e. The van der Waals surface area contributed by atoms with Crippen LogP contribution in [0.4, 0.5) is 0 Å². The lowest BCUT2D eigenvalue weighted by molar-refractivity contribution is -0.116. The summed E-state index contributed by atoms with van der Waals surface area (Å²) in [5, 5.41) is 0. The van der Waals surface area contributed by atoms with Crippen LogP contribution in [0.3, 0.4) is 0 Å². The van der Waals surface area contributed by atoms with Gasteiger partial charge in [-0.25, -0.2) is 0 Å². The van der Waals surface area contributed by atoms with Gasteiger partial charge in [-0.15, -0.1) is 23.1 Å². The van der Waals surface area contributed by atoms with E-state index in [1.807, 2.05) is 12.1 Å². The van der Waals surface area contributed by atoms with E-state index in [0.29, 0.717) is 6.42 Å². The maximum atomic E-state index is 10.6. The molecule has 0 radical (unpaired) electrons. The highest BCUT2D eigenvalue weighted by Gasteiger charge is 1.99. The smallest absolute Gasteiger partial charge is 0.130 e. The largest absolute Gasteiger partial charge is 0.300 e. The molecule has 0 amide bonds. The van der Waals surface area contributed by atoms with E-state index in [0.717, 1.165) is 10.1 Å². The summed E-state index contributed by atoms with van der Waals surface area (Å²) in [6, 6.07) is 3.86. The van der Waals surface area contributed by atoms with Crippen molar-refractivity contribution >= 4 is 40.5 Å². The Kier molecular flexibility index (Phi) is 4.12. The van der Waals surface area contributed by atoms with Crippen molar-refractivity contribution in [1.82, 2.24) is 0 Å². The fourth-order valence-electron chi connectivity index (χ4n) is 0.671. The molecular weight excluding hydrogens is 212 g/mol. The number of rotatable bonds is 4. The van der Waals surface area contributed by atoms with Crippen LogP contribution in [0.5, 0.6) is 0 Å². The molecule has 0 saturated heterocycles. The lowest BCUT2D eigenvalue weighted by Gasteiger charge is -1.93. The average Bonchev–Trinajstić information content (AvgIpc) is 2.35. The number of thioether (sulfide) groups is 1. The predicted molar refractivity (Wildman–Crippen MR) is 55.4 cm³/mol. The molecule has 12 heavy (non-hydrogen) atoms. The number of hydrogen-bond donors (Lipinski definition) is 0. The van der Waals surface area contributed by atoms with E-state index < -0.39 is 0 Å². The van der Waals surface area contributed by atoms with E-state index in [2.05, 4.69) is 0 Å². The zero-order valence-electron chi connectivity index (χ0n) is 6.67. The van der Waals surface area contributed by atoms with Crippen molar-refractivity contribution in [3.63, 3.8) is 0 Å². The van der Waals surface area contributed by atoms with Crippen LogP contribution >= 0.6 is 34.7 Å². The van der Waals surface area contributed by atoms with Gasteiger partial charge in [0.1, 0.15) is 5.78 Å². The Morgan fingerprint density at radius 1 is 1.67 bits per heavy atom. The topological polar surface area (TPSA) is 17.1 Å². The number of carbonyl (C=O) groups excluding carboxylic acids is 1. The van der Waals surface area contributed by atoms with E-state index in [1.165, 1.54) is 4.21 Å². The Morgan fingerprint density at radius 2 is 2.42 bits per heavy atom. The molecular formula is C8H9ClOS2. The Morgan fingerprint density at radius 3 is 2.92 bits per heavy atom. The van der Waals surface area contributed by atoms with E-state index in [1.54, 1.807) is 30.0 Å². The van der Waals surface area contributed by atoms with Gasteiger partial charge in [0.2, 0.25) is 0 Å². The van der Waals surface area contributed by atoms with Gasteiger partial charge in [0, 0.05) is 12.2 Å². The molecule has 0 aliphatic heterocycles. The third-order valence-electron chi connectivity index (χ3n) is 1.25. The molecule has 1 aromatic heterocycles. The summed E-state index contributed by atoms with van der Waals surface area (Å²) in [5.74, 6) is 1.09. The second-order valence-corrected chi connectivity index (χ2v) is 5.47. The second kappa shape index (κ2) is 4.90. The van der Waals surface area contributed by atoms with Crippen molar-refractivity contribution in [2.75, 3.05) is 5.75 Å². The minimum absolute atomic E-state index is 0.241. The normalized spacial score (nSPS) is 10.2. The molecule has 0 aliphatic rings. The molecule has 0 saturated carbocycles. The molecule has 4 heteroatoms. The van der Waals surface area contributed by atoms with Gasteiger partial charge in [-0.3, -0.25) is 4.79 Å². The first-order valence-electron chi connectivity index (χ1n) is 3.56. The van der Waals surface area contributed by atoms with Crippen molar-refractivity contribution in [2.45, 2.75) is 17.6 Å². The molecule has 0 spiro atoms. The summed E-state index contributed by atoms with van der Waals surface area (Å²) in [4.78, 5) is 10.6. The fourth-order valence-corrected chi connectivity index (χ4v) is 3.09. The molecule has 66 valence electrons. The van der Waals surface area contributed by atoms with Crippen LogP contribution in [0.2, 0.25) is 4.34 Å². The molecule has 1 heterocycles. The maximum absolute atomic E-state index is 10.6. The van der Waals surface area contributed by atoms with Gasteiger partial charge >= 0.3 is 0 Å². The SMILES string of the molecule is CC(=O)CCSc1ccc(Cl)s1. The third kappa shape index (κ3) is 3.61. The number of halogens is 1. The fraction of sp³-hybridized carbons (Fsp3) is 0.375. The minimum Gasteiger partial charge on any atom is -0.300 e. The lowest BCUT2D eigenvalue weighted by Crippen LogP contribution is -1.90. The Hall–Kier alpha value is 0.01000. The summed E-state index contributed by atoms with van der Waals surface area (Å²) in [5.41, 5.74) is 0. The monoisotopic (exact) mass is 220 g/mol. The van der Waals surface area contributed by atoms with Gasteiger partial charge in [-0.1, -0.05) is 11.6 Å². The Labute approximate surface area is 85.1 Å². The first-order valence-corrected chi connectivity index (χ1v) is 5.74. The summed E-state index contributed by atoms with van der Waals surface area (Å²) < 4.78 is 1.99. The van der Waals surface area contributed by atoms with Gasteiger partial charge in [0.25, 0.3) is 0 Å². The number of carbonyl (C=O) groups is 1. The highest BCUT2D eigenvalue weighted by molar-refractivity contribution is 8.01. The number of ketones is 1. The first kappa shape index (κ1) is 10.1. The van der Waals surface area contributed by atoms with Crippen molar-refractivity contribution in [1.29, 1.82) is 0 Å². The van der Waals surface area contributed by atoms with E-state index in [4.69, 9.17) is 11.6 Å². The van der Waals surface area contributed by atoms with Crippen LogP contribution in [0, 0.1) is 0 Å². The molecule has 1 nitrogen and oxygen atoms in total. The van der Waals surface area contributed by atoms with Crippen LogP contribution in [0.1, 0.15) is 13.3 Å². The van der Waals surface area contributed by atoms with E-state index in [-0.39, 0.29) is 5.78 Å². The van der Waals surface area contributed by atoms with Crippen LogP contribution < -0.4 is 0 Å². The average molecular weight is 221 g/mol. The standard InChI is InChI=1S/C8H9ClOS2/c1-6(10)4-5-11-8-3-2-7(9)12-8/h2-3H,4-5H2,1H3. The van der Waals surface area contributed by atoms with E-state index in [9.17, 15) is 4.79 Å². The van der Waals surface area contributed by atoms with Crippen LogP contribution in [-0.4, -0.2) is 11.5 Å². The molecule has 1 aromatic rings. The quantitative estimate of drug-likeness (QED) is 0.723. The Balaban J connectivity index is 2.29. The van der Waals surface area contributed by atoms with Crippen LogP contribution in [0.25, 0.3) is 0 Å². The first-order chi connectivity index (χ1) is 5.68. The van der Waals surface area contributed by atoms with Gasteiger partial charge in [-0.05, 0) is 19.1 Å². The van der Waals surface area contributed by atoms with Gasteiger partial charge in [-0.2, -0.15) is 0 Å². The molecule has 0 fully saturated rings. The lowest BCUT2D eigenvalue weighted by atomic mass is 10.4. The molecule has 0 aromatic carbocycles. The summed E-state index contributed by atoms with van der Waals surface area (Å²) in [7, 11) is 0. The molecule has 0 atom stereocenters. The van der Waals surface area contributed by atoms with Crippen molar-refractivity contribution in [3.8, 4) is 0 Å². The van der Waals surface area contributed by atoms with Gasteiger partial charge < -0.3 is 0 Å². The highest BCUT2D eigenvalue weighted by Crippen LogP contribution is 2.30. The number of Topliss-reactive ketones (excluding diaryl/α,β-unsaturated/α-hetero) is 1. The number of thiophene rings is 1. The zero-order valence-corrected chi connectivity index (χ0v) is 9.06. The van der Waals surface area contributed by atoms with Gasteiger partial charge in [0.15, 0.2) is 0 Å². The van der Waals surface area contributed by atoms with Crippen molar-refractivity contribution < 1.29 is 4.79 Å². The van der Waals surface area contributed by atoms with Gasteiger partial charge in [0.05, 0.1) is 8.55 Å². The highest BCUT2D eigenvalue weighted by atomic mass is 35.5. The Bertz CT molecular complexity index is 270. The summed E-state index contributed by atoms with van der Waals surface area (Å²) >= 11 is 8.98. The minimum atomic E-state index is 0.241. The summed E-state index contributed by atoms with van der Waals surface area (Å²) in [6.07, 6.45) is 0.639.